The summed E-state index contributed by atoms with van der Waals surface area (Å²) in [5.74, 6) is 0.533. The van der Waals surface area contributed by atoms with Crippen molar-refractivity contribution < 1.29 is 14.3 Å². The number of rotatable bonds is 5. The molecular weight excluding hydrogens is 410 g/mol. The summed E-state index contributed by atoms with van der Waals surface area (Å²) in [6.07, 6.45) is 3.22. The van der Waals surface area contributed by atoms with Crippen molar-refractivity contribution in [1.29, 1.82) is 0 Å². The fourth-order valence-electron chi connectivity index (χ4n) is 3.40. The van der Waals surface area contributed by atoms with Gasteiger partial charge in [0.1, 0.15) is 11.4 Å². The molecule has 1 N–H and O–H groups in total. The maximum absolute atomic E-state index is 12.8. The van der Waals surface area contributed by atoms with E-state index < -0.39 is 0 Å². The van der Waals surface area contributed by atoms with Gasteiger partial charge < -0.3 is 19.5 Å². The molecule has 1 fully saturated rings. The first-order valence-corrected chi connectivity index (χ1v) is 9.91. The first-order chi connectivity index (χ1) is 13.0. The number of likely N-dealkylation sites (tertiary alicyclic amines) is 1. The van der Waals surface area contributed by atoms with Crippen LogP contribution in [0.5, 0.6) is 5.75 Å². The summed E-state index contributed by atoms with van der Waals surface area (Å²) in [6.45, 7) is 3.91. The highest BCUT2D eigenvalue weighted by molar-refractivity contribution is 9.10. The van der Waals surface area contributed by atoms with E-state index in [9.17, 15) is 9.59 Å². The van der Waals surface area contributed by atoms with E-state index >= 15 is 0 Å². The van der Waals surface area contributed by atoms with E-state index in [1.54, 1.807) is 7.11 Å². The van der Waals surface area contributed by atoms with Crippen LogP contribution in [-0.4, -0.2) is 41.5 Å². The van der Waals surface area contributed by atoms with Crippen LogP contribution in [0.3, 0.4) is 0 Å². The maximum atomic E-state index is 12.8. The van der Waals surface area contributed by atoms with Crippen molar-refractivity contribution in [3.63, 3.8) is 0 Å². The zero-order valence-electron chi connectivity index (χ0n) is 15.6. The highest BCUT2D eigenvalue weighted by Gasteiger charge is 2.29. The van der Waals surface area contributed by atoms with Crippen LogP contribution in [0.15, 0.2) is 41.0 Å². The Morgan fingerprint density at radius 3 is 2.63 bits per heavy atom. The minimum atomic E-state index is -0.108. The molecule has 1 aliphatic heterocycles. The molecule has 0 bridgehead atoms. The van der Waals surface area contributed by atoms with Crippen LogP contribution in [0.1, 0.15) is 30.3 Å². The number of halogens is 1. The number of methoxy groups -OCH3 is 1. The van der Waals surface area contributed by atoms with Crippen LogP contribution in [0.4, 0.5) is 5.69 Å². The molecule has 1 aliphatic rings. The molecule has 0 radical (unpaired) electrons. The summed E-state index contributed by atoms with van der Waals surface area (Å²) >= 11 is 3.43. The number of nitrogens with zero attached hydrogens (tertiary/aromatic N) is 2. The third-order valence-corrected chi connectivity index (χ3v) is 5.37. The van der Waals surface area contributed by atoms with Crippen molar-refractivity contribution >= 4 is 33.4 Å². The van der Waals surface area contributed by atoms with Gasteiger partial charge in [0, 0.05) is 36.2 Å². The molecule has 7 heteroatoms. The van der Waals surface area contributed by atoms with Gasteiger partial charge in [-0.15, -0.1) is 0 Å². The van der Waals surface area contributed by atoms with Crippen molar-refractivity contribution in [3.05, 3.63) is 46.7 Å². The molecule has 144 valence electrons. The van der Waals surface area contributed by atoms with E-state index in [-0.39, 0.29) is 17.7 Å². The van der Waals surface area contributed by atoms with Gasteiger partial charge in [-0.1, -0.05) is 12.1 Å². The van der Waals surface area contributed by atoms with Crippen LogP contribution < -0.4 is 10.1 Å². The molecule has 1 aromatic heterocycles. The largest absolute Gasteiger partial charge is 0.495 e. The number of carbonyl (C=O) groups excluding carboxylic acids is 2. The molecule has 1 saturated heterocycles. The normalized spacial score (nSPS) is 14.9. The number of para-hydroxylation sites is 2. The third kappa shape index (κ3) is 4.35. The summed E-state index contributed by atoms with van der Waals surface area (Å²) in [4.78, 5) is 27.3. The van der Waals surface area contributed by atoms with Gasteiger partial charge in [0.05, 0.1) is 12.8 Å². The van der Waals surface area contributed by atoms with E-state index in [0.717, 1.165) is 11.0 Å². The Morgan fingerprint density at radius 1 is 1.26 bits per heavy atom. The zero-order chi connectivity index (χ0) is 19.4. The van der Waals surface area contributed by atoms with Crippen LogP contribution in [-0.2, 0) is 11.3 Å². The summed E-state index contributed by atoms with van der Waals surface area (Å²) in [5, 5.41) is 2.95. The van der Waals surface area contributed by atoms with Gasteiger partial charge in [-0.05, 0) is 53.9 Å². The van der Waals surface area contributed by atoms with Gasteiger partial charge in [0.2, 0.25) is 5.91 Å². The zero-order valence-corrected chi connectivity index (χ0v) is 17.2. The Balaban J connectivity index is 1.59. The number of nitrogens with one attached hydrogen (secondary N) is 1. The quantitative estimate of drug-likeness (QED) is 0.780. The number of benzene rings is 1. The summed E-state index contributed by atoms with van der Waals surface area (Å²) in [5.41, 5.74) is 1.36. The monoisotopic (exact) mass is 433 g/mol. The second-order valence-electron chi connectivity index (χ2n) is 6.59. The summed E-state index contributed by atoms with van der Waals surface area (Å²) in [6, 6.07) is 9.22. The molecule has 2 heterocycles. The number of anilines is 1. The number of hydrogen-bond donors (Lipinski definition) is 1. The van der Waals surface area contributed by atoms with Crippen molar-refractivity contribution in [2.75, 3.05) is 25.5 Å². The molecular formula is C20H24BrN3O3. The molecule has 27 heavy (non-hydrogen) atoms. The Kier molecular flexibility index (Phi) is 6.21. The van der Waals surface area contributed by atoms with Crippen molar-refractivity contribution in [2.45, 2.75) is 26.3 Å². The molecule has 0 unspecified atom stereocenters. The molecule has 2 amide bonds. The number of ether oxygens (including phenoxy) is 1. The lowest BCUT2D eigenvalue weighted by atomic mass is 9.95. The van der Waals surface area contributed by atoms with E-state index in [0.29, 0.717) is 43.1 Å². The molecule has 2 aromatic rings. The fourth-order valence-corrected chi connectivity index (χ4v) is 3.87. The average Bonchev–Trinajstić information content (AvgIpc) is 3.08. The smallest absolute Gasteiger partial charge is 0.270 e. The van der Waals surface area contributed by atoms with Crippen LogP contribution in [0, 0.1) is 5.92 Å². The molecule has 3 rings (SSSR count). The van der Waals surface area contributed by atoms with E-state index in [2.05, 4.69) is 21.2 Å². The van der Waals surface area contributed by atoms with Gasteiger partial charge >= 0.3 is 0 Å². The van der Waals surface area contributed by atoms with Crippen LogP contribution in [0.25, 0.3) is 0 Å². The Bertz CT molecular complexity index is 826. The van der Waals surface area contributed by atoms with Crippen LogP contribution in [0.2, 0.25) is 0 Å². The predicted octanol–water partition coefficient (Wildman–Crippen LogP) is 3.77. The highest BCUT2D eigenvalue weighted by atomic mass is 79.9. The molecule has 0 atom stereocenters. The number of aryl methyl sites for hydroxylation is 1. The van der Waals surface area contributed by atoms with Gasteiger partial charge in [0.15, 0.2) is 0 Å². The summed E-state index contributed by atoms with van der Waals surface area (Å²) in [7, 11) is 1.58. The summed E-state index contributed by atoms with van der Waals surface area (Å²) < 4.78 is 8.12. The standard InChI is InChI=1S/C20H24BrN3O3/c1-3-23-13-15(21)12-17(23)20(26)24-10-8-14(9-11-24)19(25)22-16-6-4-5-7-18(16)27-2/h4-7,12-14H,3,8-11H2,1-2H3,(H,22,25). The molecule has 0 saturated carbocycles. The van der Waals surface area contributed by atoms with Crippen LogP contribution >= 0.6 is 15.9 Å². The van der Waals surface area contributed by atoms with E-state index in [4.69, 9.17) is 4.74 Å². The van der Waals surface area contributed by atoms with Gasteiger partial charge in [-0.25, -0.2) is 0 Å². The molecule has 0 aliphatic carbocycles. The third-order valence-electron chi connectivity index (χ3n) is 4.94. The Morgan fingerprint density at radius 2 is 1.96 bits per heavy atom. The minimum Gasteiger partial charge on any atom is -0.495 e. The molecule has 0 spiro atoms. The maximum Gasteiger partial charge on any atom is 0.270 e. The second kappa shape index (κ2) is 8.61. The van der Waals surface area contributed by atoms with Gasteiger partial charge in [-0.3, -0.25) is 9.59 Å². The highest BCUT2D eigenvalue weighted by Crippen LogP contribution is 2.26. The first-order valence-electron chi connectivity index (χ1n) is 9.12. The van der Waals surface area contributed by atoms with E-state index in [1.165, 1.54) is 0 Å². The number of piperidine rings is 1. The Labute approximate surface area is 167 Å². The lowest BCUT2D eigenvalue weighted by Gasteiger charge is -2.31. The number of aromatic nitrogens is 1. The Hall–Kier alpha value is -2.28. The predicted molar refractivity (Wildman–Crippen MR) is 108 cm³/mol. The minimum absolute atomic E-state index is 0.0196. The number of amides is 2. The van der Waals surface area contributed by atoms with Gasteiger partial charge in [-0.2, -0.15) is 0 Å². The molecule has 6 nitrogen and oxygen atoms in total. The second-order valence-corrected chi connectivity index (χ2v) is 7.50. The number of carbonyl (C=O) groups is 2. The first kappa shape index (κ1) is 19.5. The SMILES string of the molecule is CCn1cc(Br)cc1C(=O)N1CCC(C(=O)Nc2ccccc2OC)CC1. The lowest BCUT2D eigenvalue weighted by Crippen LogP contribution is -2.42. The van der Waals surface area contributed by atoms with Crippen molar-refractivity contribution in [1.82, 2.24) is 9.47 Å². The van der Waals surface area contributed by atoms with Gasteiger partial charge in [0.25, 0.3) is 5.91 Å². The lowest BCUT2D eigenvalue weighted by molar-refractivity contribution is -0.121. The molecule has 1 aromatic carbocycles. The van der Waals surface area contributed by atoms with Crippen molar-refractivity contribution in [2.24, 2.45) is 5.92 Å². The average molecular weight is 434 g/mol. The van der Waals surface area contributed by atoms with E-state index in [1.807, 2.05) is 52.9 Å². The number of hydrogen-bond acceptors (Lipinski definition) is 3. The van der Waals surface area contributed by atoms with Crippen molar-refractivity contribution in [3.8, 4) is 5.75 Å². The fraction of sp³-hybridized carbons (Fsp3) is 0.400. The topological polar surface area (TPSA) is 63.6 Å².